The predicted octanol–water partition coefficient (Wildman–Crippen LogP) is 4.57. The Labute approximate surface area is 121 Å². The highest BCUT2D eigenvalue weighted by Crippen LogP contribution is 2.25. The monoisotopic (exact) mass is 264 g/mol. The Morgan fingerprint density at radius 1 is 0.750 bits per heavy atom. The van der Waals surface area contributed by atoms with E-state index < -0.39 is 0 Å². The van der Waals surface area contributed by atoms with E-state index in [1.807, 2.05) is 6.07 Å². The fraction of sp³-hybridized carbons (Fsp3) is 0.222. The van der Waals surface area contributed by atoms with Crippen molar-refractivity contribution < 1.29 is 0 Å². The summed E-state index contributed by atoms with van der Waals surface area (Å²) in [6.45, 7) is 5.31. The molecule has 102 valence electrons. The lowest BCUT2D eigenvalue weighted by Crippen LogP contribution is -2.24. The van der Waals surface area contributed by atoms with Crippen molar-refractivity contribution in [1.82, 2.24) is 0 Å². The summed E-state index contributed by atoms with van der Waals surface area (Å²) < 4.78 is 0. The summed E-state index contributed by atoms with van der Waals surface area (Å²) in [5, 5.41) is 0. The van der Waals surface area contributed by atoms with E-state index in [0.29, 0.717) is 5.92 Å². The maximum Gasteiger partial charge on any atom is 0.0989 e. The molecule has 2 nitrogen and oxygen atoms in total. The number of hydrogen-bond acceptors (Lipinski definition) is 2. The van der Waals surface area contributed by atoms with Gasteiger partial charge < -0.3 is 9.80 Å². The number of anilines is 2. The van der Waals surface area contributed by atoms with Gasteiger partial charge in [-0.15, -0.1) is 0 Å². The van der Waals surface area contributed by atoms with Crippen molar-refractivity contribution in [1.29, 1.82) is 0 Å². The Balaban J connectivity index is 1.73. The van der Waals surface area contributed by atoms with E-state index in [1.54, 1.807) is 0 Å². The Morgan fingerprint density at radius 2 is 1.30 bits per heavy atom. The Bertz CT molecular complexity index is 585. The third-order valence-corrected chi connectivity index (χ3v) is 3.71. The van der Waals surface area contributed by atoms with Gasteiger partial charge in [-0.05, 0) is 35.7 Å². The number of nitrogens with zero attached hydrogens (tertiary/aromatic N) is 2. The van der Waals surface area contributed by atoms with Gasteiger partial charge in [0.25, 0.3) is 0 Å². The summed E-state index contributed by atoms with van der Waals surface area (Å²) in [6, 6.07) is 19.3. The number of benzene rings is 2. The van der Waals surface area contributed by atoms with E-state index in [-0.39, 0.29) is 0 Å². The minimum absolute atomic E-state index is 0.582. The van der Waals surface area contributed by atoms with E-state index >= 15 is 0 Å². The Hall–Kier alpha value is -2.22. The van der Waals surface area contributed by atoms with Crippen molar-refractivity contribution in [2.24, 2.45) is 0 Å². The fourth-order valence-electron chi connectivity index (χ4n) is 2.42. The van der Waals surface area contributed by atoms with Crippen LogP contribution in [-0.4, -0.2) is 6.67 Å². The molecule has 20 heavy (non-hydrogen) atoms. The fourth-order valence-corrected chi connectivity index (χ4v) is 2.42. The number of rotatable bonds is 3. The van der Waals surface area contributed by atoms with Gasteiger partial charge in [-0.1, -0.05) is 44.2 Å². The normalized spacial score (nSPS) is 14.3. The van der Waals surface area contributed by atoms with E-state index in [0.717, 1.165) is 6.67 Å². The molecule has 0 unspecified atom stereocenters. The first-order valence-corrected chi connectivity index (χ1v) is 7.10. The molecule has 2 heteroatoms. The smallest absolute Gasteiger partial charge is 0.0989 e. The van der Waals surface area contributed by atoms with E-state index in [4.69, 9.17) is 0 Å². The zero-order valence-corrected chi connectivity index (χ0v) is 12.0. The average molecular weight is 264 g/mol. The van der Waals surface area contributed by atoms with Crippen molar-refractivity contribution in [3.8, 4) is 0 Å². The first kappa shape index (κ1) is 12.8. The topological polar surface area (TPSA) is 6.48 Å². The summed E-state index contributed by atoms with van der Waals surface area (Å²) in [4.78, 5) is 4.51. The summed E-state index contributed by atoms with van der Waals surface area (Å²) in [6.07, 6.45) is 4.27. The summed E-state index contributed by atoms with van der Waals surface area (Å²) in [7, 11) is 0. The molecule has 0 amide bonds. The van der Waals surface area contributed by atoms with Gasteiger partial charge >= 0.3 is 0 Å². The van der Waals surface area contributed by atoms with Crippen molar-refractivity contribution in [3.63, 3.8) is 0 Å². The Morgan fingerprint density at radius 3 is 1.85 bits per heavy atom. The number of para-hydroxylation sites is 1. The quantitative estimate of drug-likeness (QED) is 0.801. The SMILES string of the molecule is CC(C)c1ccc(N2C=CN(c3ccccc3)C2)cc1. The molecule has 0 radical (unpaired) electrons. The summed E-state index contributed by atoms with van der Waals surface area (Å²) >= 11 is 0. The summed E-state index contributed by atoms with van der Waals surface area (Å²) in [5.74, 6) is 0.582. The van der Waals surface area contributed by atoms with Gasteiger partial charge in [-0.2, -0.15) is 0 Å². The van der Waals surface area contributed by atoms with Crippen LogP contribution in [0.2, 0.25) is 0 Å². The van der Waals surface area contributed by atoms with Gasteiger partial charge in [0.2, 0.25) is 0 Å². The molecule has 0 bridgehead atoms. The zero-order valence-electron chi connectivity index (χ0n) is 12.0. The standard InChI is InChI=1S/C18H20N2/c1-15(2)16-8-10-18(11-9-16)20-13-12-19(14-20)17-6-4-3-5-7-17/h3-13,15H,14H2,1-2H3. The third kappa shape index (κ3) is 2.55. The van der Waals surface area contributed by atoms with Crippen molar-refractivity contribution >= 4 is 11.4 Å². The molecular formula is C18H20N2. The van der Waals surface area contributed by atoms with Crippen LogP contribution >= 0.6 is 0 Å². The van der Waals surface area contributed by atoms with Gasteiger partial charge in [-0.25, -0.2) is 0 Å². The maximum atomic E-state index is 2.26. The molecule has 3 rings (SSSR count). The molecule has 2 aromatic carbocycles. The van der Waals surface area contributed by atoms with Gasteiger partial charge in [0, 0.05) is 23.8 Å². The second kappa shape index (κ2) is 5.41. The van der Waals surface area contributed by atoms with Crippen LogP contribution in [0.25, 0.3) is 0 Å². The first-order valence-electron chi connectivity index (χ1n) is 7.10. The van der Waals surface area contributed by atoms with E-state index in [9.17, 15) is 0 Å². The second-order valence-corrected chi connectivity index (χ2v) is 5.46. The molecule has 1 aliphatic rings. The largest absolute Gasteiger partial charge is 0.328 e. The molecule has 1 aliphatic heterocycles. The van der Waals surface area contributed by atoms with Crippen molar-refractivity contribution in [2.45, 2.75) is 19.8 Å². The minimum atomic E-state index is 0.582. The third-order valence-electron chi connectivity index (χ3n) is 3.71. The lowest BCUT2D eigenvalue weighted by Gasteiger charge is -2.21. The molecule has 0 aromatic heterocycles. The molecule has 0 atom stereocenters. The van der Waals surface area contributed by atoms with Crippen LogP contribution in [0.4, 0.5) is 11.4 Å². The molecule has 0 N–H and O–H groups in total. The minimum Gasteiger partial charge on any atom is -0.328 e. The number of hydrogen-bond donors (Lipinski definition) is 0. The van der Waals surface area contributed by atoms with Crippen LogP contribution in [0.1, 0.15) is 25.3 Å². The second-order valence-electron chi connectivity index (χ2n) is 5.46. The molecule has 0 aliphatic carbocycles. The molecule has 0 spiro atoms. The highest BCUT2D eigenvalue weighted by Gasteiger charge is 2.15. The lowest BCUT2D eigenvalue weighted by molar-refractivity contribution is 0.865. The zero-order chi connectivity index (χ0) is 13.9. The van der Waals surface area contributed by atoms with Gasteiger partial charge in [-0.3, -0.25) is 0 Å². The van der Waals surface area contributed by atoms with Crippen molar-refractivity contribution in [3.05, 3.63) is 72.6 Å². The molecule has 2 aromatic rings. The predicted molar refractivity (Wildman–Crippen MR) is 85.9 cm³/mol. The van der Waals surface area contributed by atoms with Crippen LogP contribution in [0.15, 0.2) is 67.0 Å². The molecule has 0 saturated heterocycles. The molecule has 0 saturated carbocycles. The van der Waals surface area contributed by atoms with Crippen LogP contribution in [0.3, 0.4) is 0 Å². The van der Waals surface area contributed by atoms with Crippen LogP contribution in [-0.2, 0) is 0 Å². The van der Waals surface area contributed by atoms with E-state index in [2.05, 4.69) is 84.6 Å². The molecular weight excluding hydrogens is 244 g/mol. The van der Waals surface area contributed by atoms with Gasteiger partial charge in [0.15, 0.2) is 0 Å². The van der Waals surface area contributed by atoms with Crippen LogP contribution < -0.4 is 9.80 Å². The summed E-state index contributed by atoms with van der Waals surface area (Å²) in [5.41, 5.74) is 3.85. The van der Waals surface area contributed by atoms with Gasteiger partial charge in [0.1, 0.15) is 0 Å². The maximum absolute atomic E-state index is 2.26. The highest BCUT2D eigenvalue weighted by molar-refractivity contribution is 5.59. The van der Waals surface area contributed by atoms with Crippen LogP contribution in [0, 0.1) is 0 Å². The Kier molecular flexibility index (Phi) is 3.46. The first-order chi connectivity index (χ1) is 9.74. The lowest BCUT2D eigenvalue weighted by atomic mass is 10.0. The molecule has 0 fully saturated rings. The van der Waals surface area contributed by atoms with Crippen LogP contribution in [0.5, 0.6) is 0 Å². The average Bonchev–Trinajstić information content (AvgIpc) is 2.98. The van der Waals surface area contributed by atoms with Gasteiger partial charge in [0.05, 0.1) is 6.67 Å². The molecule has 1 heterocycles. The highest BCUT2D eigenvalue weighted by atomic mass is 15.3. The van der Waals surface area contributed by atoms with E-state index in [1.165, 1.54) is 16.9 Å². The van der Waals surface area contributed by atoms with Crippen molar-refractivity contribution in [2.75, 3.05) is 16.5 Å².